The third-order valence-corrected chi connectivity index (χ3v) is 8.82. The maximum Gasteiger partial charge on any atom is 0.0484 e. The van der Waals surface area contributed by atoms with Crippen molar-refractivity contribution in [2.75, 3.05) is 7.05 Å². The van der Waals surface area contributed by atoms with Crippen LogP contribution < -0.4 is 11.5 Å². The summed E-state index contributed by atoms with van der Waals surface area (Å²) in [5.74, 6) is 0. The summed E-state index contributed by atoms with van der Waals surface area (Å²) in [4.78, 5) is 0. The van der Waals surface area contributed by atoms with Crippen LogP contribution in [0.25, 0.3) is 21.9 Å². The van der Waals surface area contributed by atoms with Crippen LogP contribution in [0.5, 0.6) is 0 Å². The third-order valence-electron chi connectivity index (χ3n) is 8.82. The minimum Gasteiger partial charge on any atom is -0.333 e. The fourth-order valence-corrected chi connectivity index (χ4v) is 5.96. The summed E-state index contributed by atoms with van der Waals surface area (Å²) in [6, 6.07) is 44.2. The van der Waals surface area contributed by atoms with Crippen LogP contribution in [0.3, 0.4) is 0 Å². The summed E-state index contributed by atoms with van der Waals surface area (Å²) in [6.45, 7) is 10.3. The first-order valence-electron chi connectivity index (χ1n) is 19.8. The van der Waals surface area contributed by atoms with E-state index in [4.69, 9.17) is 5.73 Å². The fraction of sp³-hybridized carbons (Fsp3) is 0.107. The van der Waals surface area contributed by atoms with Crippen molar-refractivity contribution in [1.82, 2.24) is 0 Å². The molecule has 5 aromatic carbocycles. The summed E-state index contributed by atoms with van der Waals surface area (Å²) in [7, 11) is 1.50. The van der Waals surface area contributed by atoms with Crippen LogP contribution in [0.15, 0.2) is 249 Å². The zero-order valence-corrected chi connectivity index (χ0v) is 34.7. The molecule has 5 rings (SSSR count). The molecule has 0 heterocycles. The number of benzene rings is 5. The van der Waals surface area contributed by atoms with Crippen molar-refractivity contribution < 1.29 is 0 Å². The topological polar surface area (TPSA) is 52.0 Å². The summed E-state index contributed by atoms with van der Waals surface area (Å²) in [5, 5.41) is 2.44. The standard InChI is InChI=1S/C41H38.C14H17N.CH5N/c1-4-6-7-9-23-37(36-24-10-8-11-25-36)27-17-30-39(41-31-18-28-38-26-14-15-29-40(38)41)35(5-2)22-13-12-20-34-21-16-19-33(3)32-34;1-2-3-4-5-9-12-14(15)13-10-7-6-8-11-13;1-2/h4-19,21-32H,2,20H2,1,3H3;2-12,14H,15H2,1H3;2H2,1H3/b6-4+,9-7+,13-12-,27-17-,35-22+,37-23+,39-30-;3-2-,5-4-,12-9+;. The monoisotopic (exact) mass is 760 g/mol. The summed E-state index contributed by atoms with van der Waals surface area (Å²) >= 11 is 0. The minimum absolute atomic E-state index is 0.0264. The van der Waals surface area contributed by atoms with Crippen LogP contribution in [0.1, 0.15) is 47.7 Å². The molecule has 0 fully saturated rings. The number of nitrogens with two attached hydrogens (primary N) is 2. The molecule has 1 unspecified atom stereocenters. The predicted octanol–water partition coefficient (Wildman–Crippen LogP) is 14.2. The van der Waals surface area contributed by atoms with Gasteiger partial charge in [-0.05, 0) is 84.0 Å². The molecule has 0 saturated carbocycles. The molecule has 0 aliphatic carbocycles. The molecular weight excluding hydrogens is 701 g/mol. The normalized spacial score (nSPS) is 13.2. The molecule has 5 aromatic rings. The van der Waals surface area contributed by atoms with E-state index in [1.54, 1.807) is 0 Å². The number of hydrogen-bond donors (Lipinski definition) is 2. The molecule has 2 heteroatoms. The number of allylic oxidation sites excluding steroid dienone is 20. The lowest BCUT2D eigenvalue weighted by atomic mass is 9.92. The Kier molecular flexibility index (Phi) is 22.0. The lowest BCUT2D eigenvalue weighted by Crippen LogP contribution is -2.05. The molecule has 0 aromatic heterocycles. The largest absolute Gasteiger partial charge is 0.333 e. The number of hydrogen-bond acceptors (Lipinski definition) is 2. The van der Waals surface area contributed by atoms with Crippen LogP contribution in [-0.4, -0.2) is 7.05 Å². The van der Waals surface area contributed by atoms with Crippen LogP contribution in [0.4, 0.5) is 0 Å². The highest BCUT2D eigenvalue weighted by atomic mass is 14.6. The van der Waals surface area contributed by atoms with Gasteiger partial charge in [-0.25, -0.2) is 0 Å². The fourth-order valence-electron chi connectivity index (χ4n) is 5.96. The number of rotatable bonds is 15. The van der Waals surface area contributed by atoms with E-state index in [1.807, 2.05) is 105 Å². The Morgan fingerprint density at radius 2 is 1.26 bits per heavy atom. The maximum atomic E-state index is 5.97. The van der Waals surface area contributed by atoms with Gasteiger partial charge in [-0.1, -0.05) is 249 Å². The van der Waals surface area contributed by atoms with E-state index in [9.17, 15) is 0 Å². The first-order chi connectivity index (χ1) is 28.5. The van der Waals surface area contributed by atoms with Gasteiger partial charge in [-0.15, -0.1) is 0 Å². The van der Waals surface area contributed by atoms with Gasteiger partial charge in [0.05, 0.1) is 0 Å². The average molecular weight is 761 g/mol. The first kappa shape index (κ1) is 45.8. The zero-order chi connectivity index (χ0) is 41.6. The SMILES string of the molecule is C=CC(=C\C=C/Cc1cccc(C)c1)/C(=C/C=C\C(=C/C=C/C=C/C)c1ccccc1)c1cccc2ccccc12.CN.C\C=C/C=C\C=C\C(N)c1ccccc1. The smallest absolute Gasteiger partial charge is 0.0484 e. The van der Waals surface area contributed by atoms with E-state index >= 15 is 0 Å². The molecule has 0 aliphatic rings. The molecule has 4 N–H and O–H groups in total. The molecular formula is C56H60N2. The Morgan fingerprint density at radius 3 is 1.97 bits per heavy atom. The average Bonchev–Trinajstić information content (AvgIpc) is 3.27. The number of fused-ring (bicyclic) bond motifs is 1. The molecule has 58 heavy (non-hydrogen) atoms. The Morgan fingerprint density at radius 1 is 0.621 bits per heavy atom. The lowest BCUT2D eigenvalue weighted by molar-refractivity contribution is 0.911. The van der Waals surface area contributed by atoms with Crippen molar-refractivity contribution in [2.45, 2.75) is 33.2 Å². The molecule has 2 nitrogen and oxygen atoms in total. The van der Waals surface area contributed by atoms with Crippen molar-refractivity contribution in [3.8, 4) is 0 Å². The van der Waals surface area contributed by atoms with Gasteiger partial charge in [-0.2, -0.15) is 0 Å². The molecule has 0 bridgehead atoms. The highest BCUT2D eigenvalue weighted by Gasteiger charge is 2.09. The Hall–Kier alpha value is -6.58. The van der Waals surface area contributed by atoms with Crippen molar-refractivity contribution in [2.24, 2.45) is 11.5 Å². The van der Waals surface area contributed by atoms with E-state index in [-0.39, 0.29) is 6.04 Å². The zero-order valence-electron chi connectivity index (χ0n) is 34.7. The van der Waals surface area contributed by atoms with Crippen molar-refractivity contribution in [3.05, 3.63) is 277 Å². The van der Waals surface area contributed by atoms with Gasteiger partial charge in [0.2, 0.25) is 0 Å². The van der Waals surface area contributed by atoms with Gasteiger partial charge >= 0.3 is 0 Å². The Bertz CT molecular complexity index is 2260. The highest BCUT2D eigenvalue weighted by molar-refractivity contribution is 5.99. The minimum atomic E-state index is -0.0264. The second-order valence-electron chi connectivity index (χ2n) is 13.0. The van der Waals surface area contributed by atoms with Crippen LogP contribution in [-0.2, 0) is 6.42 Å². The van der Waals surface area contributed by atoms with Gasteiger partial charge in [0, 0.05) is 6.04 Å². The van der Waals surface area contributed by atoms with Crippen molar-refractivity contribution in [1.29, 1.82) is 0 Å². The second-order valence-corrected chi connectivity index (χ2v) is 13.0. The molecule has 0 saturated heterocycles. The summed E-state index contributed by atoms with van der Waals surface area (Å²) in [5.41, 5.74) is 19.9. The van der Waals surface area contributed by atoms with Gasteiger partial charge in [0.25, 0.3) is 0 Å². The van der Waals surface area contributed by atoms with Crippen LogP contribution in [0, 0.1) is 6.92 Å². The maximum absolute atomic E-state index is 5.97. The molecule has 0 aliphatic heterocycles. The Balaban J connectivity index is 0.000000443. The van der Waals surface area contributed by atoms with E-state index in [2.05, 4.69) is 165 Å². The summed E-state index contributed by atoms with van der Waals surface area (Å²) < 4.78 is 0. The van der Waals surface area contributed by atoms with Gasteiger partial charge < -0.3 is 11.5 Å². The van der Waals surface area contributed by atoms with E-state index in [0.717, 1.165) is 28.7 Å². The van der Waals surface area contributed by atoms with E-state index in [1.165, 1.54) is 40.1 Å². The molecule has 0 radical (unpaired) electrons. The quantitative estimate of drug-likeness (QED) is 0.104. The second kappa shape index (κ2) is 27.9. The van der Waals surface area contributed by atoms with Crippen molar-refractivity contribution >= 4 is 21.9 Å². The predicted molar refractivity (Wildman–Crippen MR) is 258 cm³/mol. The summed E-state index contributed by atoms with van der Waals surface area (Å²) in [6.07, 6.45) is 38.1. The number of aryl methyl sites for hydroxylation is 1. The van der Waals surface area contributed by atoms with Crippen LogP contribution in [0.2, 0.25) is 0 Å². The highest BCUT2D eigenvalue weighted by Crippen LogP contribution is 2.31. The Labute approximate surface area is 349 Å². The first-order valence-corrected chi connectivity index (χ1v) is 19.8. The van der Waals surface area contributed by atoms with Gasteiger partial charge in [-0.3, -0.25) is 0 Å². The third kappa shape index (κ3) is 16.3. The van der Waals surface area contributed by atoms with Crippen molar-refractivity contribution in [3.63, 3.8) is 0 Å². The molecule has 1 atom stereocenters. The van der Waals surface area contributed by atoms with Crippen LogP contribution >= 0.6 is 0 Å². The molecule has 294 valence electrons. The van der Waals surface area contributed by atoms with Gasteiger partial charge in [0.15, 0.2) is 0 Å². The van der Waals surface area contributed by atoms with Gasteiger partial charge in [0.1, 0.15) is 0 Å². The molecule has 0 amide bonds. The molecule has 0 spiro atoms. The lowest BCUT2D eigenvalue weighted by Gasteiger charge is -2.12. The van der Waals surface area contributed by atoms with E-state index < -0.39 is 0 Å². The van der Waals surface area contributed by atoms with E-state index in [0.29, 0.717) is 0 Å².